The zero-order valence-electron chi connectivity index (χ0n) is 7.48. The van der Waals surface area contributed by atoms with Crippen molar-refractivity contribution in [1.82, 2.24) is 5.16 Å². The van der Waals surface area contributed by atoms with E-state index < -0.39 is 5.97 Å². The molecule has 0 unspecified atom stereocenters. The van der Waals surface area contributed by atoms with E-state index in [2.05, 4.69) is 9.89 Å². The predicted octanol–water partition coefficient (Wildman–Crippen LogP) is 1.20. The molecule has 1 aromatic heterocycles. The van der Waals surface area contributed by atoms with Crippen LogP contribution in [0.1, 0.15) is 10.4 Å². The molecule has 2 aromatic rings. The molecule has 5 heteroatoms. The van der Waals surface area contributed by atoms with Crippen LogP contribution in [0.2, 0.25) is 0 Å². The van der Waals surface area contributed by atoms with E-state index in [4.69, 9.17) is 10.3 Å². The first-order valence-electron chi connectivity index (χ1n) is 3.95. The topological polar surface area (TPSA) is 78.3 Å². The van der Waals surface area contributed by atoms with Crippen LogP contribution in [-0.4, -0.2) is 18.2 Å². The molecule has 5 nitrogen and oxygen atoms in total. The Kier molecular flexibility index (Phi) is 1.85. The second kappa shape index (κ2) is 3.02. The first-order valence-corrected chi connectivity index (χ1v) is 3.95. The number of carbonyl (C=O) groups is 1. The monoisotopic (exact) mass is 192 g/mol. The Hall–Kier alpha value is -2.04. The maximum absolute atomic E-state index is 11.2. The number of esters is 1. The Morgan fingerprint density at radius 3 is 3.07 bits per heavy atom. The molecule has 14 heavy (non-hydrogen) atoms. The number of rotatable bonds is 1. The van der Waals surface area contributed by atoms with Crippen LogP contribution in [-0.2, 0) is 4.74 Å². The molecule has 72 valence electrons. The van der Waals surface area contributed by atoms with Crippen LogP contribution in [0.3, 0.4) is 0 Å². The van der Waals surface area contributed by atoms with Crippen molar-refractivity contribution in [3.8, 4) is 0 Å². The minimum absolute atomic E-state index is 0.322. The van der Waals surface area contributed by atoms with Crippen molar-refractivity contribution in [2.75, 3.05) is 12.8 Å². The number of nitrogens with two attached hydrogens (primary N) is 1. The highest BCUT2D eigenvalue weighted by atomic mass is 16.5. The van der Waals surface area contributed by atoms with Gasteiger partial charge < -0.3 is 15.0 Å². The van der Waals surface area contributed by atoms with Gasteiger partial charge >= 0.3 is 5.97 Å². The van der Waals surface area contributed by atoms with Crippen LogP contribution in [0, 0.1) is 0 Å². The molecule has 2 N–H and O–H groups in total. The van der Waals surface area contributed by atoms with Crippen molar-refractivity contribution in [3.05, 3.63) is 23.9 Å². The lowest BCUT2D eigenvalue weighted by molar-refractivity contribution is 0.0602. The van der Waals surface area contributed by atoms with E-state index >= 15 is 0 Å². The minimum Gasteiger partial charge on any atom is -0.465 e. The number of hydrogen-bond acceptors (Lipinski definition) is 5. The third-order valence-corrected chi connectivity index (χ3v) is 1.99. The zero-order chi connectivity index (χ0) is 10.1. The Morgan fingerprint density at radius 2 is 2.36 bits per heavy atom. The molecule has 0 amide bonds. The van der Waals surface area contributed by atoms with E-state index in [-0.39, 0.29) is 0 Å². The molecular formula is C9H8N2O3. The third kappa shape index (κ3) is 1.10. The van der Waals surface area contributed by atoms with Crippen molar-refractivity contribution in [3.63, 3.8) is 0 Å². The van der Waals surface area contributed by atoms with Crippen molar-refractivity contribution >= 4 is 22.6 Å². The van der Waals surface area contributed by atoms with Crippen LogP contribution in [0.5, 0.6) is 0 Å². The summed E-state index contributed by atoms with van der Waals surface area (Å²) in [6, 6.07) is 3.18. The summed E-state index contributed by atoms with van der Waals surface area (Å²) in [4.78, 5) is 11.2. The number of fused-ring (bicyclic) bond motifs is 1. The maximum Gasteiger partial charge on any atom is 0.339 e. The van der Waals surface area contributed by atoms with Gasteiger partial charge in [0.1, 0.15) is 0 Å². The number of hydrogen-bond donors (Lipinski definition) is 1. The summed E-state index contributed by atoms with van der Waals surface area (Å²) in [7, 11) is 1.31. The fourth-order valence-corrected chi connectivity index (χ4v) is 1.25. The van der Waals surface area contributed by atoms with Crippen LogP contribution in [0.25, 0.3) is 11.0 Å². The second-order valence-electron chi connectivity index (χ2n) is 2.76. The normalized spacial score (nSPS) is 10.4. The number of carbonyl (C=O) groups excluding carboxylic acids is 1. The van der Waals surface area contributed by atoms with E-state index in [1.54, 1.807) is 12.1 Å². The van der Waals surface area contributed by atoms with Gasteiger partial charge in [-0.1, -0.05) is 5.16 Å². The van der Waals surface area contributed by atoms with E-state index in [9.17, 15) is 4.79 Å². The molecule has 0 radical (unpaired) electrons. The highest BCUT2D eigenvalue weighted by Crippen LogP contribution is 2.24. The molecule has 1 heterocycles. The van der Waals surface area contributed by atoms with Crippen molar-refractivity contribution in [1.29, 1.82) is 0 Å². The van der Waals surface area contributed by atoms with Crippen LogP contribution in [0.4, 0.5) is 5.69 Å². The fraction of sp³-hybridized carbons (Fsp3) is 0.111. The summed E-state index contributed by atoms with van der Waals surface area (Å²) < 4.78 is 9.46. The first-order chi connectivity index (χ1) is 6.74. The van der Waals surface area contributed by atoms with E-state index in [0.717, 1.165) is 0 Å². The van der Waals surface area contributed by atoms with E-state index in [1.165, 1.54) is 13.3 Å². The van der Waals surface area contributed by atoms with Crippen molar-refractivity contribution in [2.24, 2.45) is 0 Å². The Balaban J connectivity index is 2.67. The lowest BCUT2D eigenvalue weighted by atomic mass is 10.1. The number of nitrogen functional groups attached to an aromatic ring is 1. The van der Waals surface area contributed by atoms with Gasteiger partial charge in [0.25, 0.3) is 0 Å². The summed E-state index contributed by atoms with van der Waals surface area (Å²) in [5.41, 5.74) is 6.94. The number of nitrogens with zero attached hydrogens (tertiary/aromatic N) is 1. The maximum atomic E-state index is 11.2. The van der Waals surface area contributed by atoms with Gasteiger partial charge in [-0.25, -0.2) is 4.79 Å². The molecule has 1 aromatic carbocycles. The molecule has 0 saturated carbocycles. The molecule has 2 rings (SSSR count). The smallest absolute Gasteiger partial charge is 0.339 e. The summed E-state index contributed by atoms with van der Waals surface area (Å²) in [6.45, 7) is 0. The molecule has 0 fully saturated rings. The lowest BCUT2D eigenvalue weighted by Crippen LogP contribution is -2.05. The largest absolute Gasteiger partial charge is 0.465 e. The Bertz CT molecular complexity index is 490. The van der Waals surface area contributed by atoms with Gasteiger partial charge in [-0.3, -0.25) is 0 Å². The molecule has 0 aliphatic heterocycles. The fourth-order valence-electron chi connectivity index (χ4n) is 1.25. The molecule has 0 aliphatic carbocycles. The van der Waals surface area contributed by atoms with Gasteiger partial charge in [-0.2, -0.15) is 0 Å². The van der Waals surface area contributed by atoms with Gasteiger partial charge in [-0.05, 0) is 12.1 Å². The van der Waals surface area contributed by atoms with Crippen LogP contribution >= 0.6 is 0 Å². The minimum atomic E-state index is -0.467. The standard InChI is InChI=1S/C9H8N2O3/c1-13-9(12)5-2-3-7-6(8(5)10)4-11-14-7/h2-4H,10H2,1H3. The summed E-state index contributed by atoms with van der Waals surface area (Å²) in [5, 5.41) is 4.20. The number of anilines is 1. The molecule has 0 bridgehead atoms. The van der Waals surface area contributed by atoms with Crippen LogP contribution < -0.4 is 5.73 Å². The SMILES string of the molecule is COC(=O)c1ccc2oncc2c1N. The highest BCUT2D eigenvalue weighted by molar-refractivity contribution is 6.03. The van der Waals surface area contributed by atoms with Gasteiger partial charge in [0.05, 0.1) is 29.9 Å². The third-order valence-electron chi connectivity index (χ3n) is 1.99. The number of benzene rings is 1. The molecular weight excluding hydrogens is 184 g/mol. The van der Waals surface area contributed by atoms with Crippen LogP contribution in [0.15, 0.2) is 22.9 Å². The van der Waals surface area contributed by atoms with Crippen molar-refractivity contribution in [2.45, 2.75) is 0 Å². The average molecular weight is 192 g/mol. The van der Waals surface area contributed by atoms with Gasteiger partial charge in [0.15, 0.2) is 5.58 Å². The quantitative estimate of drug-likeness (QED) is 0.542. The number of aromatic nitrogens is 1. The molecule has 0 atom stereocenters. The summed E-state index contributed by atoms with van der Waals surface area (Å²) in [6.07, 6.45) is 1.47. The zero-order valence-corrected chi connectivity index (χ0v) is 7.48. The first kappa shape index (κ1) is 8.55. The summed E-state index contributed by atoms with van der Waals surface area (Å²) >= 11 is 0. The lowest BCUT2D eigenvalue weighted by Gasteiger charge is -2.02. The second-order valence-corrected chi connectivity index (χ2v) is 2.76. The average Bonchev–Trinajstić information content (AvgIpc) is 2.66. The van der Waals surface area contributed by atoms with E-state index in [1.807, 2.05) is 0 Å². The van der Waals surface area contributed by atoms with E-state index in [0.29, 0.717) is 22.2 Å². The molecule has 0 aliphatic rings. The van der Waals surface area contributed by atoms with Gasteiger partial charge in [0.2, 0.25) is 0 Å². The summed E-state index contributed by atoms with van der Waals surface area (Å²) in [5.74, 6) is -0.467. The molecule has 0 spiro atoms. The number of methoxy groups -OCH3 is 1. The molecule has 0 saturated heterocycles. The van der Waals surface area contributed by atoms with Gasteiger partial charge in [-0.15, -0.1) is 0 Å². The Labute approximate surface area is 79.4 Å². The Morgan fingerprint density at radius 1 is 1.57 bits per heavy atom. The highest BCUT2D eigenvalue weighted by Gasteiger charge is 2.13. The predicted molar refractivity (Wildman–Crippen MR) is 49.8 cm³/mol. The van der Waals surface area contributed by atoms with Crippen molar-refractivity contribution < 1.29 is 14.1 Å². The number of ether oxygens (including phenoxy) is 1. The van der Waals surface area contributed by atoms with Gasteiger partial charge in [0, 0.05) is 0 Å².